The SMILES string of the molecule is NC(=O)c1ccc(NCC2Cc3ccccc3O2)cc1. The molecule has 0 fully saturated rings. The first-order valence-electron chi connectivity index (χ1n) is 6.60. The number of nitrogens with two attached hydrogens (primary N) is 1. The summed E-state index contributed by atoms with van der Waals surface area (Å²) in [6, 6.07) is 15.2. The molecule has 0 aromatic heterocycles. The van der Waals surface area contributed by atoms with Crippen LogP contribution in [0.5, 0.6) is 5.75 Å². The zero-order valence-electron chi connectivity index (χ0n) is 11.0. The van der Waals surface area contributed by atoms with Gasteiger partial charge in [0.2, 0.25) is 5.91 Å². The second-order valence-electron chi connectivity index (χ2n) is 4.87. The number of primary amides is 1. The van der Waals surface area contributed by atoms with E-state index in [4.69, 9.17) is 10.5 Å². The highest BCUT2D eigenvalue weighted by Gasteiger charge is 2.21. The maximum absolute atomic E-state index is 11.0. The van der Waals surface area contributed by atoms with Gasteiger partial charge in [-0.15, -0.1) is 0 Å². The summed E-state index contributed by atoms with van der Waals surface area (Å²) in [5.74, 6) is 0.564. The monoisotopic (exact) mass is 268 g/mol. The van der Waals surface area contributed by atoms with Crippen LogP contribution in [0.25, 0.3) is 0 Å². The number of hydrogen-bond donors (Lipinski definition) is 2. The minimum atomic E-state index is -0.411. The number of anilines is 1. The van der Waals surface area contributed by atoms with Gasteiger partial charge < -0.3 is 15.8 Å². The Hall–Kier alpha value is -2.49. The van der Waals surface area contributed by atoms with Crippen LogP contribution in [0.4, 0.5) is 5.69 Å². The number of para-hydroxylation sites is 1. The first kappa shape index (κ1) is 12.5. The van der Waals surface area contributed by atoms with E-state index >= 15 is 0 Å². The van der Waals surface area contributed by atoms with Crippen LogP contribution in [0, 0.1) is 0 Å². The second kappa shape index (κ2) is 5.25. The lowest BCUT2D eigenvalue weighted by Gasteiger charge is -2.13. The van der Waals surface area contributed by atoms with Gasteiger partial charge in [0.05, 0.1) is 6.54 Å². The largest absolute Gasteiger partial charge is 0.488 e. The maximum Gasteiger partial charge on any atom is 0.248 e. The molecule has 1 atom stereocenters. The molecule has 1 aliphatic heterocycles. The van der Waals surface area contributed by atoms with E-state index in [1.54, 1.807) is 12.1 Å². The van der Waals surface area contributed by atoms with Crippen molar-refractivity contribution in [2.75, 3.05) is 11.9 Å². The van der Waals surface area contributed by atoms with Gasteiger partial charge in [0.1, 0.15) is 11.9 Å². The van der Waals surface area contributed by atoms with Crippen molar-refractivity contribution in [1.29, 1.82) is 0 Å². The first-order chi connectivity index (χ1) is 9.72. The summed E-state index contributed by atoms with van der Waals surface area (Å²) >= 11 is 0. The molecular weight excluding hydrogens is 252 g/mol. The molecule has 0 bridgehead atoms. The summed E-state index contributed by atoms with van der Waals surface area (Å²) in [4.78, 5) is 11.0. The fourth-order valence-corrected chi connectivity index (χ4v) is 2.35. The topological polar surface area (TPSA) is 64.4 Å². The van der Waals surface area contributed by atoms with Crippen molar-refractivity contribution in [2.24, 2.45) is 5.73 Å². The van der Waals surface area contributed by atoms with Crippen molar-refractivity contribution in [1.82, 2.24) is 0 Å². The summed E-state index contributed by atoms with van der Waals surface area (Å²) in [5, 5.41) is 3.31. The molecule has 0 saturated heterocycles. The van der Waals surface area contributed by atoms with E-state index in [1.807, 2.05) is 30.3 Å². The molecular formula is C16H16N2O2. The number of fused-ring (bicyclic) bond motifs is 1. The van der Waals surface area contributed by atoms with Gasteiger partial charge in [0.25, 0.3) is 0 Å². The molecule has 0 aliphatic carbocycles. The van der Waals surface area contributed by atoms with E-state index in [0.29, 0.717) is 5.56 Å². The molecule has 1 aliphatic rings. The summed E-state index contributed by atoms with van der Waals surface area (Å²) in [6.45, 7) is 0.727. The molecule has 2 aromatic carbocycles. The van der Waals surface area contributed by atoms with Crippen molar-refractivity contribution in [2.45, 2.75) is 12.5 Å². The van der Waals surface area contributed by atoms with Gasteiger partial charge >= 0.3 is 0 Å². The highest BCUT2D eigenvalue weighted by atomic mass is 16.5. The molecule has 3 N–H and O–H groups in total. The van der Waals surface area contributed by atoms with Gasteiger partial charge in [-0.2, -0.15) is 0 Å². The number of rotatable bonds is 4. The van der Waals surface area contributed by atoms with Crippen LogP contribution >= 0.6 is 0 Å². The Morgan fingerprint density at radius 2 is 1.95 bits per heavy atom. The number of ether oxygens (including phenoxy) is 1. The number of carbonyl (C=O) groups excluding carboxylic acids is 1. The minimum absolute atomic E-state index is 0.142. The van der Waals surface area contributed by atoms with Gasteiger partial charge in [-0.3, -0.25) is 4.79 Å². The van der Waals surface area contributed by atoms with Crippen LogP contribution in [0.3, 0.4) is 0 Å². The third kappa shape index (κ3) is 2.59. The zero-order valence-corrected chi connectivity index (χ0v) is 11.0. The normalized spacial score (nSPS) is 16.3. The van der Waals surface area contributed by atoms with Gasteiger partial charge in [-0.25, -0.2) is 0 Å². The van der Waals surface area contributed by atoms with Crippen LogP contribution < -0.4 is 15.8 Å². The van der Waals surface area contributed by atoms with E-state index in [2.05, 4.69) is 11.4 Å². The number of amides is 1. The number of nitrogens with one attached hydrogen (secondary N) is 1. The molecule has 0 saturated carbocycles. The van der Waals surface area contributed by atoms with Crippen molar-refractivity contribution in [3.8, 4) is 5.75 Å². The van der Waals surface area contributed by atoms with E-state index in [9.17, 15) is 4.79 Å². The molecule has 1 amide bonds. The standard InChI is InChI=1S/C16H16N2O2/c17-16(19)11-5-7-13(8-6-11)18-10-14-9-12-3-1-2-4-15(12)20-14/h1-8,14,18H,9-10H2,(H2,17,19). The lowest BCUT2D eigenvalue weighted by Crippen LogP contribution is -2.24. The molecule has 1 unspecified atom stereocenters. The third-order valence-electron chi connectivity index (χ3n) is 3.42. The Balaban J connectivity index is 1.57. The van der Waals surface area contributed by atoms with Gasteiger partial charge in [0.15, 0.2) is 0 Å². The summed E-state index contributed by atoms with van der Waals surface area (Å²) in [7, 11) is 0. The molecule has 102 valence electrons. The Morgan fingerprint density at radius 3 is 2.65 bits per heavy atom. The van der Waals surface area contributed by atoms with Crippen LogP contribution in [-0.4, -0.2) is 18.6 Å². The van der Waals surface area contributed by atoms with Crippen molar-refractivity contribution in [3.05, 3.63) is 59.7 Å². The predicted molar refractivity (Wildman–Crippen MR) is 78.0 cm³/mol. The average Bonchev–Trinajstić information content (AvgIpc) is 2.88. The molecule has 20 heavy (non-hydrogen) atoms. The van der Waals surface area contributed by atoms with Gasteiger partial charge in [0, 0.05) is 17.7 Å². The smallest absolute Gasteiger partial charge is 0.248 e. The highest BCUT2D eigenvalue weighted by Crippen LogP contribution is 2.28. The minimum Gasteiger partial charge on any atom is -0.488 e. The fraction of sp³-hybridized carbons (Fsp3) is 0.188. The lowest BCUT2D eigenvalue weighted by atomic mass is 10.1. The Labute approximate surface area is 117 Å². The summed E-state index contributed by atoms with van der Waals surface area (Å²) < 4.78 is 5.85. The predicted octanol–water partition coefficient (Wildman–Crippen LogP) is 2.20. The molecule has 4 nitrogen and oxygen atoms in total. The number of hydrogen-bond acceptors (Lipinski definition) is 3. The van der Waals surface area contributed by atoms with Crippen LogP contribution in [-0.2, 0) is 6.42 Å². The maximum atomic E-state index is 11.0. The molecule has 4 heteroatoms. The Kier molecular flexibility index (Phi) is 3.29. The zero-order chi connectivity index (χ0) is 13.9. The average molecular weight is 268 g/mol. The van der Waals surface area contributed by atoms with Crippen molar-refractivity contribution >= 4 is 11.6 Å². The Bertz CT molecular complexity index is 598. The first-order valence-corrected chi connectivity index (χ1v) is 6.60. The van der Waals surface area contributed by atoms with E-state index in [1.165, 1.54) is 5.56 Å². The van der Waals surface area contributed by atoms with Crippen molar-refractivity contribution in [3.63, 3.8) is 0 Å². The Morgan fingerprint density at radius 1 is 1.20 bits per heavy atom. The quantitative estimate of drug-likeness (QED) is 0.893. The third-order valence-corrected chi connectivity index (χ3v) is 3.42. The molecule has 0 radical (unpaired) electrons. The fourth-order valence-electron chi connectivity index (χ4n) is 2.35. The van der Waals surface area contributed by atoms with E-state index in [0.717, 1.165) is 24.4 Å². The lowest BCUT2D eigenvalue weighted by molar-refractivity contribution is 0.100. The van der Waals surface area contributed by atoms with E-state index < -0.39 is 5.91 Å². The number of benzene rings is 2. The van der Waals surface area contributed by atoms with Crippen molar-refractivity contribution < 1.29 is 9.53 Å². The molecule has 1 heterocycles. The summed E-state index contributed by atoms with van der Waals surface area (Å²) in [6.07, 6.45) is 1.06. The van der Waals surface area contributed by atoms with Gasteiger partial charge in [-0.05, 0) is 35.9 Å². The van der Waals surface area contributed by atoms with Crippen LogP contribution in [0.15, 0.2) is 48.5 Å². The molecule has 0 spiro atoms. The van der Waals surface area contributed by atoms with Gasteiger partial charge in [-0.1, -0.05) is 18.2 Å². The van der Waals surface area contributed by atoms with E-state index in [-0.39, 0.29) is 6.10 Å². The summed E-state index contributed by atoms with van der Waals surface area (Å²) in [5.41, 5.74) is 7.93. The molecule has 3 rings (SSSR count). The highest BCUT2D eigenvalue weighted by molar-refractivity contribution is 5.93. The van der Waals surface area contributed by atoms with Crippen LogP contribution in [0.2, 0.25) is 0 Å². The number of carbonyl (C=O) groups is 1. The van der Waals surface area contributed by atoms with Crippen LogP contribution in [0.1, 0.15) is 15.9 Å². The second-order valence-corrected chi connectivity index (χ2v) is 4.87. The molecule has 2 aromatic rings.